The third kappa shape index (κ3) is 3.39. The van der Waals surface area contributed by atoms with E-state index in [4.69, 9.17) is 0 Å². The molecule has 2 heterocycles. The standard InChI is InChI=1S/C18H22N2OS/c1-13-7-8-15(11-14(13)2)19-18(21)12-20-9-3-5-16(20)17-6-4-10-22-17/h4,6-8,10-11,16H,3,5,9,12H2,1-2H3,(H,19,21)/p+1/t16-/m0/s1. The number of quaternary nitrogens is 1. The second-order valence-corrected chi connectivity index (χ2v) is 7.12. The Morgan fingerprint density at radius 1 is 1.32 bits per heavy atom. The van der Waals surface area contributed by atoms with Crippen molar-refractivity contribution in [1.82, 2.24) is 0 Å². The lowest BCUT2D eigenvalue weighted by molar-refractivity contribution is -0.910. The molecule has 0 aliphatic carbocycles. The fourth-order valence-corrected chi connectivity index (χ4v) is 4.11. The lowest BCUT2D eigenvalue weighted by Crippen LogP contribution is -3.11. The Morgan fingerprint density at radius 2 is 2.18 bits per heavy atom. The average molecular weight is 315 g/mol. The number of carbonyl (C=O) groups is 1. The SMILES string of the molecule is Cc1ccc(NC(=O)C[NH+]2CCC[C@H]2c2cccs2)cc1C. The van der Waals surface area contributed by atoms with Crippen LogP contribution in [0.4, 0.5) is 5.69 Å². The molecule has 0 radical (unpaired) electrons. The van der Waals surface area contributed by atoms with Crippen LogP contribution in [0, 0.1) is 13.8 Å². The Hall–Kier alpha value is -1.65. The third-order valence-corrected chi connectivity index (χ3v) is 5.53. The molecule has 22 heavy (non-hydrogen) atoms. The van der Waals surface area contributed by atoms with Gasteiger partial charge in [-0.15, -0.1) is 11.3 Å². The molecule has 2 N–H and O–H groups in total. The minimum Gasteiger partial charge on any atom is -0.321 e. The zero-order valence-electron chi connectivity index (χ0n) is 13.2. The van der Waals surface area contributed by atoms with Crippen LogP contribution in [0.2, 0.25) is 0 Å². The van der Waals surface area contributed by atoms with Crippen LogP contribution in [0.25, 0.3) is 0 Å². The van der Waals surface area contributed by atoms with Crippen molar-refractivity contribution in [2.45, 2.75) is 32.7 Å². The van der Waals surface area contributed by atoms with Crippen LogP contribution in [0.5, 0.6) is 0 Å². The maximum Gasteiger partial charge on any atom is 0.279 e. The molecule has 4 heteroatoms. The van der Waals surface area contributed by atoms with E-state index in [1.54, 1.807) is 11.3 Å². The minimum absolute atomic E-state index is 0.113. The molecule has 1 fully saturated rings. The number of amides is 1. The van der Waals surface area contributed by atoms with E-state index in [0.29, 0.717) is 12.6 Å². The maximum atomic E-state index is 12.4. The van der Waals surface area contributed by atoms with Crippen molar-refractivity contribution in [3.8, 4) is 0 Å². The number of nitrogens with one attached hydrogen (secondary N) is 2. The smallest absolute Gasteiger partial charge is 0.279 e. The van der Waals surface area contributed by atoms with Gasteiger partial charge in [0.2, 0.25) is 0 Å². The Labute approximate surface area is 136 Å². The van der Waals surface area contributed by atoms with Gasteiger partial charge >= 0.3 is 0 Å². The summed E-state index contributed by atoms with van der Waals surface area (Å²) in [5, 5.41) is 5.17. The molecule has 2 atom stereocenters. The van der Waals surface area contributed by atoms with Crippen molar-refractivity contribution >= 4 is 22.9 Å². The molecule has 1 amide bonds. The van der Waals surface area contributed by atoms with Crippen molar-refractivity contribution in [1.29, 1.82) is 0 Å². The summed E-state index contributed by atoms with van der Waals surface area (Å²) < 4.78 is 0. The molecular formula is C18H23N2OS+. The predicted molar refractivity (Wildman–Crippen MR) is 91.5 cm³/mol. The van der Waals surface area contributed by atoms with E-state index >= 15 is 0 Å². The molecular weight excluding hydrogens is 292 g/mol. The first-order chi connectivity index (χ1) is 10.6. The number of benzene rings is 1. The zero-order chi connectivity index (χ0) is 15.5. The second-order valence-electron chi connectivity index (χ2n) is 6.14. The second kappa shape index (κ2) is 6.63. The molecule has 1 aliphatic heterocycles. The molecule has 1 aliphatic rings. The molecule has 116 valence electrons. The van der Waals surface area contributed by atoms with Crippen LogP contribution < -0.4 is 10.2 Å². The molecule has 2 aromatic rings. The molecule has 1 saturated heterocycles. The first-order valence-corrected chi connectivity index (χ1v) is 8.76. The van der Waals surface area contributed by atoms with Crippen molar-refractivity contribution in [3.05, 3.63) is 51.7 Å². The quantitative estimate of drug-likeness (QED) is 0.894. The van der Waals surface area contributed by atoms with Crippen molar-refractivity contribution in [2.24, 2.45) is 0 Å². The number of anilines is 1. The number of carbonyl (C=O) groups excluding carboxylic acids is 1. The molecule has 3 rings (SSSR count). The zero-order valence-corrected chi connectivity index (χ0v) is 14.0. The lowest BCUT2D eigenvalue weighted by Gasteiger charge is -2.20. The Morgan fingerprint density at radius 3 is 2.91 bits per heavy atom. The Bertz CT molecular complexity index is 651. The summed E-state index contributed by atoms with van der Waals surface area (Å²) in [6, 6.07) is 10.9. The number of hydrogen-bond donors (Lipinski definition) is 2. The molecule has 1 aromatic heterocycles. The predicted octanol–water partition coefficient (Wildman–Crippen LogP) is 2.72. The number of likely N-dealkylation sites (tertiary alicyclic amines) is 1. The third-order valence-electron chi connectivity index (χ3n) is 4.55. The van der Waals surface area contributed by atoms with Crippen LogP contribution in [0.3, 0.4) is 0 Å². The summed E-state index contributed by atoms with van der Waals surface area (Å²) in [4.78, 5) is 15.2. The topological polar surface area (TPSA) is 33.5 Å². The molecule has 0 spiro atoms. The van der Waals surface area contributed by atoms with Gasteiger partial charge in [0.25, 0.3) is 5.91 Å². The van der Waals surface area contributed by atoms with Crippen LogP contribution in [-0.2, 0) is 4.79 Å². The normalized spacial score (nSPS) is 21.0. The molecule has 1 aromatic carbocycles. The molecule has 1 unspecified atom stereocenters. The van der Waals surface area contributed by atoms with Gasteiger partial charge in [-0.2, -0.15) is 0 Å². The number of rotatable bonds is 4. The first-order valence-electron chi connectivity index (χ1n) is 7.88. The van der Waals surface area contributed by atoms with E-state index in [2.05, 4.69) is 42.7 Å². The van der Waals surface area contributed by atoms with Crippen molar-refractivity contribution < 1.29 is 9.69 Å². The van der Waals surface area contributed by atoms with E-state index in [1.807, 2.05) is 12.1 Å². The number of thiophene rings is 1. The van der Waals surface area contributed by atoms with Gasteiger partial charge in [-0.1, -0.05) is 12.1 Å². The van der Waals surface area contributed by atoms with Gasteiger partial charge in [-0.25, -0.2) is 0 Å². The summed E-state index contributed by atoms with van der Waals surface area (Å²) >= 11 is 1.81. The lowest BCUT2D eigenvalue weighted by atomic mass is 10.1. The van der Waals surface area contributed by atoms with Gasteiger partial charge in [-0.05, 0) is 48.6 Å². The van der Waals surface area contributed by atoms with Crippen LogP contribution >= 0.6 is 11.3 Å². The Balaban J connectivity index is 1.62. The van der Waals surface area contributed by atoms with Crippen molar-refractivity contribution in [3.63, 3.8) is 0 Å². The Kier molecular flexibility index (Phi) is 4.60. The van der Waals surface area contributed by atoms with Crippen LogP contribution in [-0.4, -0.2) is 19.0 Å². The molecule has 0 bridgehead atoms. The summed E-state index contributed by atoms with van der Waals surface area (Å²) in [6.07, 6.45) is 2.39. The van der Waals surface area contributed by atoms with Gasteiger partial charge < -0.3 is 10.2 Å². The first kappa shape index (κ1) is 15.3. The van der Waals surface area contributed by atoms with E-state index in [9.17, 15) is 4.79 Å². The molecule has 0 saturated carbocycles. The summed E-state index contributed by atoms with van der Waals surface area (Å²) in [5.74, 6) is 0.113. The monoisotopic (exact) mass is 315 g/mol. The van der Waals surface area contributed by atoms with E-state index < -0.39 is 0 Å². The van der Waals surface area contributed by atoms with Crippen LogP contribution in [0.15, 0.2) is 35.7 Å². The van der Waals surface area contributed by atoms with E-state index in [1.165, 1.54) is 33.7 Å². The number of hydrogen-bond acceptors (Lipinski definition) is 2. The highest BCUT2D eigenvalue weighted by atomic mass is 32.1. The molecule has 3 nitrogen and oxygen atoms in total. The fraction of sp³-hybridized carbons (Fsp3) is 0.389. The summed E-state index contributed by atoms with van der Waals surface area (Å²) in [7, 11) is 0. The highest BCUT2D eigenvalue weighted by Crippen LogP contribution is 2.23. The van der Waals surface area contributed by atoms with Gasteiger partial charge in [0, 0.05) is 18.5 Å². The van der Waals surface area contributed by atoms with Gasteiger partial charge in [0.1, 0.15) is 6.04 Å². The number of aryl methyl sites for hydroxylation is 2. The van der Waals surface area contributed by atoms with Gasteiger partial charge in [-0.3, -0.25) is 4.79 Å². The van der Waals surface area contributed by atoms with E-state index in [0.717, 1.165) is 12.2 Å². The van der Waals surface area contributed by atoms with Crippen LogP contribution in [0.1, 0.15) is 34.9 Å². The van der Waals surface area contributed by atoms with E-state index in [-0.39, 0.29) is 5.91 Å². The highest BCUT2D eigenvalue weighted by Gasteiger charge is 2.32. The average Bonchev–Trinajstić information content (AvgIpc) is 3.13. The van der Waals surface area contributed by atoms with Gasteiger partial charge in [0.05, 0.1) is 11.4 Å². The minimum atomic E-state index is 0.113. The maximum absolute atomic E-state index is 12.4. The summed E-state index contributed by atoms with van der Waals surface area (Å²) in [6.45, 7) is 5.79. The fourth-order valence-electron chi connectivity index (χ4n) is 3.19. The summed E-state index contributed by atoms with van der Waals surface area (Å²) in [5.41, 5.74) is 3.36. The van der Waals surface area contributed by atoms with Gasteiger partial charge in [0.15, 0.2) is 6.54 Å². The largest absolute Gasteiger partial charge is 0.321 e. The highest BCUT2D eigenvalue weighted by molar-refractivity contribution is 7.10. The van der Waals surface area contributed by atoms with Crippen molar-refractivity contribution in [2.75, 3.05) is 18.4 Å².